The summed E-state index contributed by atoms with van der Waals surface area (Å²) in [4.78, 5) is 0. The predicted octanol–water partition coefficient (Wildman–Crippen LogP) is 0.588. The van der Waals surface area contributed by atoms with Crippen molar-refractivity contribution in [2.24, 2.45) is 5.92 Å². The highest BCUT2D eigenvalue weighted by atomic mass is 32.3. The molecular formula is C5H6FNO2S. The molecular weight excluding hydrogens is 157 g/mol. The Labute approximate surface area is 58.7 Å². The normalized spacial score (nSPS) is 32.4. The Bertz CT molecular complexity index is 260. The lowest BCUT2D eigenvalue weighted by molar-refractivity contribution is 0.378. The molecule has 0 bridgehead atoms. The maximum Gasteiger partial charge on any atom is 0.305 e. The molecule has 1 saturated carbocycles. The van der Waals surface area contributed by atoms with Crippen LogP contribution in [0.5, 0.6) is 0 Å². The molecule has 0 atom stereocenters. The predicted molar refractivity (Wildman–Crippen MR) is 32.2 cm³/mol. The van der Waals surface area contributed by atoms with Crippen LogP contribution in [0, 0.1) is 17.2 Å². The molecule has 1 fully saturated rings. The molecule has 0 unspecified atom stereocenters. The van der Waals surface area contributed by atoms with Gasteiger partial charge in [-0.25, -0.2) is 0 Å². The summed E-state index contributed by atoms with van der Waals surface area (Å²) in [5.74, 6) is -0.254. The van der Waals surface area contributed by atoms with Gasteiger partial charge < -0.3 is 0 Å². The van der Waals surface area contributed by atoms with E-state index in [1.54, 1.807) is 0 Å². The molecule has 0 heterocycles. The van der Waals surface area contributed by atoms with E-state index in [-0.39, 0.29) is 18.8 Å². The average Bonchev–Trinajstić information content (AvgIpc) is 1.57. The highest BCUT2D eigenvalue weighted by Crippen LogP contribution is 2.32. The highest BCUT2D eigenvalue weighted by molar-refractivity contribution is 7.87. The van der Waals surface area contributed by atoms with Crippen LogP contribution >= 0.6 is 0 Å². The van der Waals surface area contributed by atoms with Crippen LogP contribution in [0.2, 0.25) is 0 Å². The number of hydrogen-bond acceptors (Lipinski definition) is 3. The van der Waals surface area contributed by atoms with E-state index in [1.807, 2.05) is 6.07 Å². The molecule has 0 N–H and O–H groups in total. The van der Waals surface area contributed by atoms with Gasteiger partial charge in [-0.3, -0.25) is 0 Å². The Balaban J connectivity index is 2.50. The minimum atomic E-state index is -4.36. The first-order chi connectivity index (χ1) is 4.54. The first-order valence-electron chi connectivity index (χ1n) is 2.87. The van der Waals surface area contributed by atoms with Crippen molar-refractivity contribution in [3.05, 3.63) is 0 Å². The Morgan fingerprint density at radius 3 is 2.30 bits per heavy atom. The van der Waals surface area contributed by atoms with E-state index in [9.17, 15) is 12.3 Å². The largest absolute Gasteiger partial charge is 0.305 e. The maximum absolute atomic E-state index is 12.0. The molecule has 1 rings (SSSR count). The lowest BCUT2D eigenvalue weighted by Crippen LogP contribution is -2.32. The van der Waals surface area contributed by atoms with E-state index < -0.39 is 15.5 Å². The van der Waals surface area contributed by atoms with Crippen molar-refractivity contribution in [2.75, 3.05) is 0 Å². The van der Waals surface area contributed by atoms with Gasteiger partial charge in [0.05, 0.1) is 11.3 Å². The fourth-order valence-corrected chi connectivity index (χ4v) is 1.83. The molecule has 0 saturated heterocycles. The highest BCUT2D eigenvalue weighted by Gasteiger charge is 2.38. The summed E-state index contributed by atoms with van der Waals surface area (Å²) < 4.78 is 32.2. The number of halogens is 1. The number of nitriles is 1. The lowest BCUT2D eigenvalue weighted by Gasteiger charge is -2.26. The van der Waals surface area contributed by atoms with Gasteiger partial charge in [0.25, 0.3) is 0 Å². The average molecular weight is 163 g/mol. The van der Waals surface area contributed by atoms with Gasteiger partial charge in [-0.2, -0.15) is 13.7 Å². The van der Waals surface area contributed by atoms with Crippen LogP contribution in [0.3, 0.4) is 0 Å². The molecule has 10 heavy (non-hydrogen) atoms. The second-order valence-corrected chi connectivity index (χ2v) is 4.01. The van der Waals surface area contributed by atoms with Crippen molar-refractivity contribution in [1.82, 2.24) is 0 Å². The molecule has 0 aromatic carbocycles. The standard InChI is InChI=1S/C5H6FNO2S/c6-10(8,9)5-1-4(2-5)3-7/h4-5H,1-2H2. The van der Waals surface area contributed by atoms with Gasteiger partial charge in [-0.15, -0.1) is 3.89 Å². The van der Waals surface area contributed by atoms with Gasteiger partial charge in [0, 0.05) is 5.92 Å². The summed E-state index contributed by atoms with van der Waals surface area (Å²) >= 11 is 0. The molecule has 0 amide bonds. The quantitative estimate of drug-likeness (QED) is 0.531. The zero-order valence-corrected chi connectivity index (χ0v) is 5.94. The van der Waals surface area contributed by atoms with Crippen LogP contribution in [0.15, 0.2) is 0 Å². The Morgan fingerprint density at radius 2 is 2.00 bits per heavy atom. The molecule has 0 aromatic rings. The van der Waals surface area contributed by atoms with E-state index in [4.69, 9.17) is 5.26 Å². The lowest BCUT2D eigenvalue weighted by atomic mass is 9.86. The second-order valence-electron chi connectivity index (χ2n) is 2.40. The van der Waals surface area contributed by atoms with Crippen molar-refractivity contribution >= 4 is 10.2 Å². The van der Waals surface area contributed by atoms with Crippen LogP contribution in [0.1, 0.15) is 12.8 Å². The number of nitrogens with zero attached hydrogens (tertiary/aromatic N) is 1. The van der Waals surface area contributed by atoms with Gasteiger partial charge in [-0.05, 0) is 12.8 Å². The van der Waals surface area contributed by atoms with E-state index >= 15 is 0 Å². The van der Waals surface area contributed by atoms with Crippen molar-refractivity contribution in [3.8, 4) is 6.07 Å². The van der Waals surface area contributed by atoms with Gasteiger partial charge in [0.1, 0.15) is 0 Å². The molecule has 0 spiro atoms. The van der Waals surface area contributed by atoms with Gasteiger partial charge in [0.15, 0.2) is 0 Å². The van der Waals surface area contributed by atoms with E-state index in [1.165, 1.54) is 0 Å². The summed E-state index contributed by atoms with van der Waals surface area (Å²) in [6.45, 7) is 0. The third-order valence-corrected chi connectivity index (χ3v) is 2.86. The van der Waals surface area contributed by atoms with E-state index in [0.29, 0.717) is 0 Å². The molecule has 3 nitrogen and oxygen atoms in total. The maximum atomic E-state index is 12.0. The molecule has 0 aromatic heterocycles. The monoisotopic (exact) mass is 163 g/mol. The van der Waals surface area contributed by atoms with Crippen LogP contribution in [-0.2, 0) is 10.2 Å². The van der Waals surface area contributed by atoms with Crippen molar-refractivity contribution in [1.29, 1.82) is 5.26 Å². The van der Waals surface area contributed by atoms with Crippen molar-refractivity contribution in [3.63, 3.8) is 0 Å². The third kappa shape index (κ3) is 1.27. The van der Waals surface area contributed by atoms with E-state index in [2.05, 4.69) is 0 Å². The van der Waals surface area contributed by atoms with Gasteiger partial charge >= 0.3 is 10.2 Å². The Morgan fingerprint density at radius 1 is 1.50 bits per heavy atom. The molecule has 0 radical (unpaired) electrons. The van der Waals surface area contributed by atoms with Crippen LogP contribution < -0.4 is 0 Å². The van der Waals surface area contributed by atoms with Crippen molar-refractivity contribution in [2.45, 2.75) is 18.1 Å². The van der Waals surface area contributed by atoms with Crippen molar-refractivity contribution < 1.29 is 12.3 Å². The number of hydrogen-bond donors (Lipinski definition) is 0. The van der Waals surface area contributed by atoms with Gasteiger partial charge in [0.2, 0.25) is 0 Å². The molecule has 5 heteroatoms. The molecule has 56 valence electrons. The smallest absolute Gasteiger partial charge is 0.198 e. The summed E-state index contributed by atoms with van der Waals surface area (Å²) in [5.41, 5.74) is 0. The zero-order chi connectivity index (χ0) is 7.78. The summed E-state index contributed by atoms with van der Waals surface area (Å²) in [7, 11) is -4.36. The topological polar surface area (TPSA) is 57.9 Å². The fraction of sp³-hybridized carbons (Fsp3) is 0.800. The van der Waals surface area contributed by atoms with Crippen LogP contribution in [0.25, 0.3) is 0 Å². The molecule has 1 aliphatic carbocycles. The third-order valence-electron chi connectivity index (χ3n) is 1.68. The summed E-state index contributed by atoms with van der Waals surface area (Å²) in [5, 5.41) is 7.30. The second kappa shape index (κ2) is 2.20. The zero-order valence-electron chi connectivity index (χ0n) is 5.12. The minimum Gasteiger partial charge on any atom is -0.198 e. The summed E-state index contributed by atoms with van der Waals surface area (Å²) in [6, 6.07) is 1.87. The first-order valence-corrected chi connectivity index (χ1v) is 4.32. The van der Waals surface area contributed by atoms with Gasteiger partial charge in [-0.1, -0.05) is 0 Å². The SMILES string of the molecule is N#CC1CC(S(=O)(=O)F)C1. The van der Waals surface area contributed by atoms with Crippen LogP contribution in [-0.4, -0.2) is 13.7 Å². The minimum absolute atomic E-state index is 0.162. The van der Waals surface area contributed by atoms with E-state index in [0.717, 1.165) is 0 Å². The summed E-state index contributed by atoms with van der Waals surface area (Å²) in [6.07, 6.45) is 0.324. The van der Waals surface area contributed by atoms with Crippen LogP contribution in [0.4, 0.5) is 3.89 Å². The Hall–Kier alpha value is -0.630. The first kappa shape index (κ1) is 7.48. The molecule has 0 aliphatic heterocycles. The fourth-order valence-electron chi connectivity index (χ4n) is 0.901. The Kier molecular flexibility index (Phi) is 1.65. The number of rotatable bonds is 1. The molecule has 1 aliphatic rings.